The van der Waals surface area contributed by atoms with E-state index in [2.05, 4.69) is 19.2 Å². The molecule has 4 heteroatoms. The van der Waals surface area contributed by atoms with E-state index in [-0.39, 0.29) is 6.10 Å². The largest absolute Gasteiger partial charge is 0.490 e. The zero-order valence-electron chi connectivity index (χ0n) is 20.0. The van der Waals surface area contributed by atoms with Gasteiger partial charge in [-0.3, -0.25) is 5.32 Å². The molecule has 4 nitrogen and oxygen atoms in total. The Balaban J connectivity index is 1.72. The number of unbranched alkanes of at least 4 members (excludes halogenated alkanes) is 9. The van der Waals surface area contributed by atoms with E-state index in [0.717, 1.165) is 24.3 Å². The fourth-order valence-corrected chi connectivity index (χ4v) is 3.68. The number of anilines is 1. The van der Waals surface area contributed by atoms with Gasteiger partial charge in [-0.15, -0.1) is 0 Å². The second-order valence-corrected chi connectivity index (χ2v) is 8.61. The molecule has 0 fully saturated rings. The van der Waals surface area contributed by atoms with Crippen molar-refractivity contribution >= 4 is 11.8 Å². The van der Waals surface area contributed by atoms with Gasteiger partial charge >= 0.3 is 6.09 Å². The summed E-state index contributed by atoms with van der Waals surface area (Å²) in [5.41, 5.74) is 1.92. The summed E-state index contributed by atoms with van der Waals surface area (Å²) in [6, 6.07) is 17.3. The minimum Gasteiger partial charge on any atom is -0.490 e. The number of ether oxygens (including phenoxy) is 2. The van der Waals surface area contributed by atoms with Gasteiger partial charge in [0.05, 0.1) is 0 Å². The summed E-state index contributed by atoms with van der Waals surface area (Å²) in [6.45, 7) is 4.67. The molecule has 1 amide bonds. The van der Waals surface area contributed by atoms with Gasteiger partial charge in [0.1, 0.15) is 18.5 Å². The molecule has 0 aromatic heterocycles. The molecule has 1 atom stereocenters. The Kier molecular flexibility index (Phi) is 13.0. The smallest absolute Gasteiger partial charge is 0.412 e. The van der Waals surface area contributed by atoms with Crippen LogP contribution in [0.4, 0.5) is 10.5 Å². The first-order chi connectivity index (χ1) is 15.7. The van der Waals surface area contributed by atoms with Crippen LogP contribution in [-0.4, -0.2) is 18.8 Å². The third-order valence-electron chi connectivity index (χ3n) is 5.63. The van der Waals surface area contributed by atoms with Crippen LogP contribution in [0.5, 0.6) is 5.75 Å². The number of carbonyl (C=O) groups is 1. The standard InChI is InChI=1S/C28H41NO3/c1-3-4-5-6-7-8-9-10-11-15-18-27(23-31-26-21-19-24(2)20-22-26)32-28(30)29-25-16-13-12-14-17-25/h12-14,16-17,19-22,27H,3-11,15,18,23H2,1-2H3,(H,29,30). The van der Waals surface area contributed by atoms with E-state index in [4.69, 9.17) is 9.47 Å². The van der Waals surface area contributed by atoms with Crippen molar-refractivity contribution in [2.75, 3.05) is 11.9 Å². The summed E-state index contributed by atoms with van der Waals surface area (Å²) in [7, 11) is 0. The van der Waals surface area contributed by atoms with Crippen molar-refractivity contribution in [1.29, 1.82) is 0 Å². The third-order valence-corrected chi connectivity index (χ3v) is 5.63. The van der Waals surface area contributed by atoms with Crippen LogP contribution in [0.3, 0.4) is 0 Å². The maximum absolute atomic E-state index is 12.4. The number of amides is 1. The lowest BCUT2D eigenvalue weighted by Crippen LogP contribution is -2.27. The van der Waals surface area contributed by atoms with Crippen LogP contribution in [-0.2, 0) is 4.74 Å². The molecule has 0 aliphatic carbocycles. The predicted molar refractivity (Wildman–Crippen MR) is 133 cm³/mol. The first kappa shape index (κ1) is 25.8. The van der Waals surface area contributed by atoms with Crippen molar-refractivity contribution in [2.45, 2.75) is 90.6 Å². The first-order valence-corrected chi connectivity index (χ1v) is 12.4. The van der Waals surface area contributed by atoms with E-state index >= 15 is 0 Å². The van der Waals surface area contributed by atoms with Crippen molar-refractivity contribution in [3.63, 3.8) is 0 Å². The summed E-state index contributed by atoms with van der Waals surface area (Å²) in [5, 5.41) is 2.80. The summed E-state index contributed by atoms with van der Waals surface area (Å²) in [6.07, 6.45) is 13.0. The molecule has 2 rings (SSSR count). The van der Waals surface area contributed by atoms with Gasteiger partial charge in [0.2, 0.25) is 0 Å². The number of hydrogen-bond acceptors (Lipinski definition) is 3. The molecule has 0 saturated carbocycles. The SMILES string of the molecule is CCCCCCCCCCCCC(COc1ccc(C)cc1)OC(=O)Nc1ccccc1. The lowest BCUT2D eigenvalue weighted by molar-refractivity contribution is 0.0678. The van der Waals surface area contributed by atoms with E-state index in [9.17, 15) is 4.79 Å². The van der Waals surface area contributed by atoms with Gasteiger partial charge in [0, 0.05) is 5.69 Å². The molecule has 0 radical (unpaired) electrons. The van der Waals surface area contributed by atoms with E-state index in [1.54, 1.807) is 0 Å². The number of aryl methyl sites for hydroxylation is 1. The second-order valence-electron chi connectivity index (χ2n) is 8.61. The highest BCUT2D eigenvalue weighted by molar-refractivity contribution is 5.84. The third kappa shape index (κ3) is 11.8. The summed E-state index contributed by atoms with van der Waals surface area (Å²) in [4.78, 5) is 12.4. The van der Waals surface area contributed by atoms with Crippen molar-refractivity contribution in [3.05, 3.63) is 60.2 Å². The van der Waals surface area contributed by atoms with Crippen molar-refractivity contribution in [3.8, 4) is 5.75 Å². The molecule has 0 spiro atoms. The fraction of sp³-hybridized carbons (Fsp3) is 0.536. The number of rotatable bonds is 16. The van der Waals surface area contributed by atoms with Crippen LogP contribution < -0.4 is 10.1 Å². The topological polar surface area (TPSA) is 47.6 Å². The van der Waals surface area contributed by atoms with E-state index in [1.165, 1.54) is 63.4 Å². The maximum atomic E-state index is 12.4. The highest BCUT2D eigenvalue weighted by atomic mass is 16.6. The quantitative estimate of drug-likeness (QED) is 0.268. The number of para-hydroxylation sites is 1. The Bertz CT molecular complexity index is 730. The Labute approximate surface area is 194 Å². The lowest BCUT2D eigenvalue weighted by atomic mass is 10.0. The molecule has 1 unspecified atom stereocenters. The van der Waals surface area contributed by atoms with Gasteiger partial charge in [-0.1, -0.05) is 101 Å². The minimum absolute atomic E-state index is 0.269. The van der Waals surface area contributed by atoms with Gasteiger partial charge in [0.25, 0.3) is 0 Å². The minimum atomic E-state index is -0.430. The van der Waals surface area contributed by atoms with E-state index < -0.39 is 6.09 Å². The number of hydrogen-bond donors (Lipinski definition) is 1. The monoisotopic (exact) mass is 439 g/mol. The van der Waals surface area contributed by atoms with Crippen molar-refractivity contribution in [2.24, 2.45) is 0 Å². The molecule has 0 heterocycles. The van der Waals surface area contributed by atoms with E-state index in [0.29, 0.717) is 6.61 Å². The van der Waals surface area contributed by atoms with Crippen LogP contribution in [0.25, 0.3) is 0 Å². The average molecular weight is 440 g/mol. The first-order valence-electron chi connectivity index (χ1n) is 12.4. The van der Waals surface area contributed by atoms with Crippen LogP contribution in [0, 0.1) is 6.92 Å². The van der Waals surface area contributed by atoms with Crippen molar-refractivity contribution < 1.29 is 14.3 Å². The van der Waals surface area contributed by atoms with Crippen LogP contribution in [0.1, 0.15) is 83.1 Å². The van der Waals surface area contributed by atoms with Gasteiger partial charge < -0.3 is 9.47 Å². The highest BCUT2D eigenvalue weighted by Crippen LogP contribution is 2.16. The molecule has 0 aliphatic rings. The molecule has 0 bridgehead atoms. The zero-order valence-corrected chi connectivity index (χ0v) is 20.0. The summed E-state index contributed by atoms with van der Waals surface area (Å²) < 4.78 is 11.6. The number of benzene rings is 2. The Hall–Kier alpha value is -2.49. The molecule has 0 saturated heterocycles. The molecule has 2 aromatic rings. The lowest BCUT2D eigenvalue weighted by Gasteiger charge is -2.19. The van der Waals surface area contributed by atoms with Crippen molar-refractivity contribution in [1.82, 2.24) is 0 Å². The number of carbonyl (C=O) groups excluding carboxylic acids is 1. The molecule has 176 valence electrons. The molecular weight excluding hydrogens is 398 g/mol. The molecule has 0 aliphatic heterocycles. The predicted octanol–water partition coefficient (Wildman–Crippen LogP) is 8.30. The summed E-state index contributed by atoms with van der Waals surface area (Å²) >= 11 is 0. The molecule has 32 heavy (non-hydrogen) atoms. The second kappa shape index (κ2) is 16.2. The Morgan fingerprint density at radius 3 is 2.03 bits per heavy atom. The Morgan fingerprint density at radius 2 is 1.41 bits per heavy atom. The van der Waals surface area contributed by atoms with Crippen LogP contribution in [0.15, 0.2) is 54.6 Å². The summed E-state index contributed by atoms with van der Waals surface area (Å²) in [5.74, 6) is 0.802. The molecular formula is C28H41NO3. The average Bonchev–Trinajstić information content (AvgIpc) is 2.80. The van der Waals surface area contributed by atoms with E-state index in [1.807, 2.05) is 54.6 Å². The normalized spacial score (nSPS) is 11.7. The number of nitrogens with one attached hydrogen (secondary N) is 1. The van der Waals surface area contributed by atoms with Gasteiger partial charge in [-0.25, -0.2) is 4.79 Å². The highest BCUT2D eigenvalue weighted by Gasteiger charge is 2.16. The zero-order chi connectivity index (χ0) is 22.9. The van der Waals surface area contributed by atoms with Gasteiger partial charge in [0.15, 0.2) is 0 Å². The Morgan fingerprint density at radius 1 is 0.812 bits per heavy atom. The molecule has 2 aromatic carbocycles. The van der Waals surface area contributed by atoms with Gasteiger partial charge in [-0.05, 0) is 44.0 Å². The van der Waals surface area contributed by atoms with Crippen LogP contribution in [0.2, 0.25) is 0 Å². The van der Waals surface area contributed by atoms with Gasteiger partial charge in [-0.2, -0.15) is 0 Å². The molecule has 1 N–H and O–H groups in total. The maximum Gasteiger partial charge on any atom is 0.412 e. The fourth-order valence-electron chi connectivity index (χ4n) is 3.68. The van der Waals surface area contributed by atoms with Crippen LogP contribution >= 0.6 is 0 Å².